The second kappa shape index (κ2) is 6.67. The quantitative estimate of drug-likeness (QED) is 0.605. The molecule has 0 bridgehead atoms. The molecule has 0 saturated carbocycles. The van der Waals surface area contributed by atoms with Crippen LogP contribution in [-0.2, 0) is 18.0 Å². The van der Waals surface area contributed by atoms with Crippen LogP contribution in [0.3, 0.4) is 0 Å². The summed E-state index contributed by atoms with van der Waals surface area (Å²) in [5.74, 6) is 6.55. The van der Waals surface area contributed by atoms with E-state index in [4.69, 9.17) is 15.3 Å². The summed E-state index contributed by atoms with van der Waals surface area (Å²) >= 11 is 0. The first-order valence-electron chi connectivity index (χ1n) is 5.80. The Morgan fingerprint density at radius 3 is 2.79 bits per heavy atom. The first-order chi connectivity index (χ1) is 9.31. The van der Waals surface area contributed by atoms with Crippen molar-refractivity contribution in [3.8, 4) is 5.75 Å². The number of hydrogen-bond donors (Lipinski definition) is 2. The van der Waals surface area contributed by atoms with E-state index in [0.29, 0.717) is 19.0 Å². The molecule has 0 radical (unpaired) electrons. The molecular formula is C13H16N4O2. The third-order valence-corrected chi connectivity index (χ3v) is 2.51. The van der Waals surface area contributed by atoms with Gasteiger partial charge < -0.3 is 14.9 Å². The molecule has 0 unspecified atom stereocenters. The largest absolute Gasteiger partial charge is 0.497 e. The van der Waals surface area contributed by atoms with Gasteiger partial charge in [-0.1, -0.05) is 12.1 Å². The van der Waals surface area contributed by atoms with Gasteiger partial charge in [0.15, 0.2) is 5.82 Å². The van der Waals surface area contributed by atoms with Gasteiger partial charge in [0.1, 0.15) is 5.75 Å². The molecular weight excluding hydrogens is 244 g/mol. The van der Waals surface area contributed by atoms with E-state index in [9.17, 15) is 0 Å². The summed E-state index contributed by atoms with van der Waals surface area (Å²) in [5, 5.41) is 0. The zero-order valence-corrected chi connectivity index (χ0v) is 10.7. The van der Waals surface area contributed by atoms with Crippen LogP contribution in [0.15, 0.2) is 36.7 Å². The van der Waals surface area contributed by atoms with Gasteiger partial charge in [0.05, 0.1) is 38.4 Å². The van der Waals surface area contributed by atoms with Gasteiger partial charge in [-0.15, -0.1) is 0 Å². The van der Waals surface area contributed by atoms with Crippen LogP contribution in [0.4, 0.5) is 5.82 Å². The van der Waals surface area contributed by atoms with E-state index in [0.717, 1.165) is 17.0 Å². The predicted molar refractivity (Wildman–Crippen MR) is 71.3 cm³/mol. The molecule has 2 rings (SSSR count). The number of nitrogens with two attached hydrogens (primary N) is 1. The van der Waals surface area contributed by atoms with Crippen molar-refractivity contribution in [2.45, 2.75) is 13.2 Å². The highest BCUT2D eigenvalue weighted by atomic mass is 16.5. The third kappa shape index (κ3) is 3.90. The van der Waals surface area contributed by atoms with Crippen molar-refractivity contribution in [3.63, 3.8) is 0 Å². The molecule has 0 fully saturated rings. The van der Waals surface area contributed by atoms with Crippen LogP contribution in [0.2, 0.25) is 0 Å². The zero-order valence-electron chi connectivity index (χ0n) is 10.7. The molecule has 100 valence electrons. The zero-order chi connectivity index (χ0) is 13.5. The summed E-state index contributed by atoms with van der Waals surface area (Å²) < 4.78 is 10.7. The highest BCUT2D eigenvalue weighted by molar-refractivity contribution is 5.29. The predicted octanol–water partition coefficient (Wildman–Crippen LogP) is 1.49. The lowest BCUT2D eigenvalue weighted by atomic mass is 10.2. The van der Waals surface area contributed by atoms with Gasteiger partial charge in [-0.25, -0.2) is 10.8 Å². The number of nitrogens with one attached hydrogen (secondary N) is 1. The van der Waals surface area contributed by atoms with Crippen LogP contribution in [-0.4, -0.2) is 17.1 Å². The van der Waals surface area contributed by atoms with E-state index in [1.54, 1.807) is 19.5 Å². The van der Waals surface area contributed by atoms with Crippen LogP contribution in [0.1, 0.15) is 11.3 Å². The lowest BCUT2D eigenvalue weighted by molar-refractivity contribution is 0.104. The molecule has 0 aliphatic carbocycles. The van der Waals surface area contributed by atoms with Gasteiger partial charge >= 0.3 is 0 Å². The molecule has 6 nitrogen and oxygen atoms in total. The smallest absolute Gasteiger partial charge is 0.158 e. The van der Waals surface area contributed by atoms with Crippen LogP contribution < -0.4 is 16.0 Å². The van der Waals surface area contributed by atoms with Crippen LogP contribution in [0.25, 0.3) is 0 Å². The molecule has 0 atom stereocenters. The Balaban J connectivity index is 1.85. The third-order valence-electron chi connectivity index (χ3n) is 2.51. The van der Waals surface area contributed by atoms with E-state index >= 15 is 0 Å². The molecule has 6 heteroatoms. The Morgan fingerprint density at radius 2 is 2.11 bits per heavy atom. The number of benzene rings is 1. The summed E-state index contributed by atoms with van der Waals surface area (Å²) in [6.07, 6.45) is 3.19. The summed E-state index contributed by atoms with van der Waals surface area (Å²) in [6, 6.07) is 7.75. The van der Waals surface area contributed by atoms with E-state index in [1.807, 2.05) is 24.3 Å². The fourth-order valence-corrected chi connectivity index (χ4v) is 1.54. The number of rotatable bonds is 6. The van der Waals surface area contributed by atoms with Gasteiger partial charge in [-0.3, -0.25) is 4.98 Å². The molecule has 0 aliphatic rings. The molecule has 2 aromatic rings. The molecule has 0 spiro atoms. The van der Waals surface area contributed by atoms with Gasteiger partial charge in [-0.05, 0) is 17.7 Å². The monoisotopic (exact) mass is 260 g/mol. The van der Waals surface area contributed by atoms with Crippen molar-refractivity contribution in [3.05, 3.63) is 47.9 Å². The van der Waals surface area contributed by atoms with E-state index in [-0.39, 0.29) is 0 Å². The molecule has 0 aliphatic heterocycles. The summed E-state index contributed by atoms with van der Waals surface area (Å²) in [6.45, 7) is 0.894. The van der Waals surface area contributed by atoms with Crippen molar-refractivity contribution < 1.29 is 9.47 Å². The molecule has 0 amide bonds. The highest BCUT2D eigenvalue weighted by Crippen LogP contribution is 2.13. The van der Waals surface area contributed by atoms with Crippen LogP contribution in [0, 0.1) is 0 Å². The Labute approximate surface area is 111 Å². The van der Waals surface area contributed by atoms with Crippen molar-refractivity contribution in [2.24, 2.45) is 5.84 Å². The second-order valence-corrected chi connectivity index (χ2v) is 3.88. The number of ether oxygens (including phenoxy) is 2. The average Bonchev–Trinajstić information content (AvgIpc) is 2.48. The first-order valence-corrected chi connectivity index (χ1v) is 5.80. The van der Waals surface area contributed by atoms with E-state index in [1.165, 1.54) is 0 Å². The number of hydrazine groups is 1. The number of nitrogen functional groups attached to an aromatic ring is 1. The maximum Gasteiger partial charge on any atom is 0.158 e. The van der Waals surface area contributed by atoms with Gasteiger partial charge in [-0.2, -0.15) is 0 Å². The fraction of sp³-hybridized carbons (Fsp3) is 0.231. The lowest BCUT2D eigenvalue weighted by Crippen LogP contribution is -2.09. The molecule has 0 saturated heterocycles. The minimum atomic E-state index is 0.398. The maximum absolute atomic E-state index is 5.57. The Hall–Kier alpha value is -2.18. The molecule has 1 heterocycles. The molecule has 19 heavy (non-hydrogen) atoms. The first kappa shape index (κ1) is 13.3. The Bertz CT molecular complexity index is 516. The van der Waals surface area contributed by atoms with Gasteiger partial charge in [0.2, 0.25) is 0 Å². The standard InChI is InChI=1S/C13H16N4O2/c1-18-12-4-2-3-10(5-12)8-19-9-11-6-16-13(17-14)7-15-11/h2-7H,8-9,14H2,1H3,(H,16,17). The summed E-state index contributed by atoms with van der Waals surface area (Å²) in [4.78, 5) is 8.21. The van der Waals surface area contributed by atoms with Crippen molar-refractivity contribution in [2.75, 3.05) is 12.5 Å². The number of aromatic nitrogens is 2. The number of hydrogen-bond acceptors (Lipinski definition) is 6. The highest BCUT2D eigenvalue weighted by Gasteiger charge is 1.99. The van der Waals surface area contributed by atoms with E-state index < -0.39 is 0 Å². The average molecular weight is 260 g/mol. The molecule has 1 aromatic carbocycles. The Morgan fingerprint density at radius 1 is 1.21 bits per heavy atom. The summed E-state index contributed by atoms with van der Waals surface area (Å²) in [5.41, 5.74) is 4.22. The van der Waals surface area contributed by atoms with Crippen molar-refractivity contribution in [1.29, 1.82) is 0 Å². The van der Waals surface area contributed by atoms with E-state index in [2.05, 4.69) is 15.4 Å². The molecule has 3 N–H and O–H groups in total. The second-order valence-electron chi connectivity index (χ2n) is 3.88. The topological polar surface area (TPSA) is 82.3 Å². The van der Waals surface area contributed by atoms with Gasteiger partial charge in [0, 0.05) is 0 Å². The molecule has 1 aromatic heterocycles. The minimum Gasteiger partial charge on any atom is -0.497 e. The Kier molecular flexibility index (Phi) is 4.66. The number of methoxy groups -OCH3 is 1. The number of anilines is 1. The number of nitrogens with zero attached hydrogens (tertiary/aromatic N) is 2. The SMILES string of the molecule is COc1cccc(COCc2cnc(NN)cn2)c1. The lowest BCUT2D eigenvalue weighted by Gasteiger charge is -2.06. The van der Waals surface area contributed by atoms with Gasteiger partial charge in [0.25, 0.3) is 0 Å². The van der Waals surface area contributed by atoms with Crippen LogP contribution in [0.5, 0.6) is 5.75 Å². The van der Waals surface area contributed by atoms with Crippen LogP contribution >= 0.6 is 0 Å². The van der Waals surface area contributed by atoms with Crippen molar-refractivity contribution in [1.82, 2.24) is 9.97 Å². The van der Waals surface area contributed by atoms with Crippen molar-refractivity contribution >= 4 is 5.82 Å². The minimum absolute atomic E-state index is 0.398. The fourth-order valence-electron chi connectivity index (χ4n) is 1.54. The maximum atomic E-state index is 5.57. The summed E-state index contributed by atoms with van der Waals surface area (Å²) in [7, 11) is 1.64. The normalized spacial score (nSPS) is 10.2.